The summed E-state index contributed by atoms with van der Waals surface area (Å²) in [5, 5.41) is 9.33. The van der Waals surface area contributed by atoms with E-state index < -0.39 is 7.12 Å². The average Bonchev–Trinajstić information content (AvgIpc) is 2.28. The third kappa shape index (κ3) is 5.84. The van der Waals surface area contributed by atoms with Gasteiger partial charge < -0.3 is 9.68 Å². The highest BCUT2D eigenvalue weighted by molar-refractivity contribution is 6.60. The first-order chi connectivity index (χ1) is 7.26. The minimum absolute atomic E-state index is 0.135. The van der Waals surface area contributed by atoms with E-state index in [4.69, 9.17) is 5.99 Å². The topological polar surface area (TPSA) is 29.5 Å². The average molecular weight is 193 g/mol. The van der Waals surface area contributed by atoms with Crippen LogP contribution in [0.15, 0.2) is 30.3 Å². The van der Waals surface area contributed by atoms with E-state index in [1.165, 1.54) is 6.42 Å². The lowest BCUT2D eigenvalue weighted by molar-refractivity contribution is 0.322. The van der Waals surface area contributed by atoms with Crippen molar-refractivity contribution in [1.82, 2.24) is 0 Å². The van der Waals surface area contributed by atoms with Crippen LogP contribution in [-0.4, -0.2) is 27.8 Å². The highest BCUT2D eigenvalue weighted by Crippen LogP contribution is 1.86. The maximum atomic E-state index is 9.33. The van der Waals surface area contributed by atoms with Gasteiger partial charge in [-0.05, 0) is 13.3 Å². The van der Waals surface area contributed by atoms with Gasteiger partial charge in [-0.15, -0.1) is 0 Å². The minimum Gasteiger partial charge on any atom is -0.423 e. The Morgan fingerprint density at radius 2 is 2.00 bits per heavy atom. The number of hydrogen-bond donors (Lipinski definition) is 1. The molecule has 0 unspecified atom stereocenters. The van der Waals surface area contributed by atoms with Crippen molar-refractivity contribution in [3.8, 4) is 0 Å². The van der Waals surface area contributed by atoms with Gasteiger partial charge in [0, 0.05) is 0 Å². The lowest BCUT2D eigenvalue weighted by atomic mass is 9.79. The smallest absolute Gasteiger partial charge is 0.423 e. The maximum Gasteiger partial charge on any atom is 0.490 e. The Bertz CT molecular complexity index is 234. The Hall–Kier alpha value is -0.730. The van der Waals surface area contributed by atoms with Crippen molar-refractivity contribution < 1.29 is 9.68 Å². The van der Waals surface area contributed by atoms with Gasteiger partial charge in [0.1, 0.15) is 7.81 Å². The van der Waals surface area contributed by atoms with Crippen LogP contribution in [0.25, 0.3) is 0 Å². The molecular formula is C10H17B2O2. The van der Waals surface area contributed by atoms with Crippen molar-refractivity contribution in [2.75, 3.05) is 6.51 Å². The lowest BCUT2D eigenvalue weighted by Crippen LogP contribution is -2.33. The largest absolute Gasteiger partial charge is 0.490 e. The van der Waals surface area contributed by atoms with Crippen LogP contribution in [0, 0.1) is 0 Å². The predicted octanol–water partition coefficient (Wildman–Crippen LogP) is 0.665. The van der Waals surface area contributed by atoms with Gasteiger partial charge in [0.05, 0.1) is 0 Å². The SMILES string of the molecule is CCC.[3H][B]COB(O)c1ccccc1. The van der Waals surface area contributed by atoms with Crippen molar-refractivity contribution in [1.29, 1.82) is 1.34 Å². The first-order valence-corrected chi connectivity index (χ1v) is 4.80. The van der Waals surface area contributed by atoms with Crippen LogP contribution in [0.2, 0.25) is 0 Å². The van der Waals surface area contributed by atoms with Crippen LogP contribution in [0.5, 0.6) is 0 Å². The molecular weight excluding hydrogens is 174 g/mol. The molecule has 1 aromatic carbocycles. The summed E-state index contributed by atoms with van der Waals surface area (Å²) in [6.07, 6.45) is 1.25. The van der Waals surface area contributed by atoms with Crippen LogP contribution in [0.4, 0.5) is 0 Å². The molecule has 1 N–H and O–H groups in total. The van der Waals surface area contributed by atoms with E-state index in [9.17, 15) is 5.02 Å². The van der Waals surface area contributed by atoms with Gasteiger partial charge in [0.25, 0.3) is 0 Å². The van der Waals surface area contributed by atoms with Gasteiger partial charge in [0.15, 0.2) is 0 Å². The number of hydrogen-bond acceptors (Lipinski definition) is 2. The van der Waals surface area contributed by atoms with Crippen molar-refractivity contribution in [2.45, 2.75) is 20.3 Å². The summed E-state index contributed by atoms with van der Waals surface area (Å²) in [6, 6.07) is 9.06. The van der Waals surface area contributed by atoms with Crippen molar-refractivity contribution in [3.05, 3.63) is 30.3 Å². The van der Waals surface area contributed by atoms with E-state index in [2.05, 4.69) is 13.8 Å². The second-order valence-corrected chi connectivity index (χ2v) is 2.80. The summed E-state index contributed by atoms with van der Waals surface area (Å²) < 4.78 is 11.6. The zero-order valence-corrected chi connectivity index (χ0v) is 8.81. The Kier molecular flexibility index (Phi) is 7.17. The van der Waals surface area contributed by atoms with E-state index in [1.54, 1.807) is 12.1 Å². The molecule has 0 bridgehead atoms. The first-order valence-electron chi connectivity index (χ1n) is 5.38. The quantitative estimate of drug-likeness (QED) is 0.711. The molecule has 14 heavy (non-hydrogen) atoms. The summed E-state index contributed by atoms with van der Waals surface area (Å²) >= 11 is 0. The van der Waals surface area contributed by atoms with Crippen molar-refractivity contribution >= 4 is 20.4 Å². The highest BCUT2D eigenvalue weighted by Gasteiger charge is 2.13. The summed E-state index contributed by atoms with van der Waals surface area (Å²) in [5.41, 5.74) is 0.708. The molecule has 0 spiro atoms. The molecule has 1 radical (unpaired) electrons. The first kappa shape index (κ1) is 11.3. The molecule has 0 aliphatic rings. The third-order valence-electron chi connectivity index (χ3n) is 1.34. The Morgan fingerprint density at radius 3 is 2.50 bits per heavy atom. The van der Waals surface area contributed by atoms with E-state index >= 15 is 0 Å². The molecule has 4 heteroatoms. The van der Waals surface area contributed by atoms with E-state index in [1.807, 2.05) is 18.2 Å². The monoisotopic (exact) mass is 193 g/mol. The van der Waals surface area contributed by atoms with E-state index in [0.29, 0.717) is 5.46 Å². The molecule has 2 nitrogen and oxygen atoms in total. The highest BCUT2D eigenvalue weighted by atomic mass is 16.5. The zero-order valence-electron chi connectivity index (χ0n) is 9.81. The third-order valence-corrected chi connectivity index (χ3v) is 1.34. The van der Waals surface area contributed by atoms with Gasteiger partial charge in [-0.2, -0.15) is 0 Å². The summed E-state index contributed by atoms with van der Waals surface area (Å²) in [7, 11) is 0.180. The molecule has 1 aromatic rings. The Morgan fingerprint density at radius 1 is 1.43 bits per heavy atom. The molecule has 0 aliphatic carbocycles. The molecule has 0 heterocycles. The summed E-state index contributed by atoms with van der Waals surface area (Å²) in [4.78, 5) is 0. The molecule has 0 atom stereocenters. The zero-order chi connectivity index (χ0) is 11.5. The minimum atomic E-state index is -0.923. The van der Waals surface area contributed by atoms with Crippen molar-refractivity contribution in [3.63, 3.8) is 0 Å². The van der Waals surface area contributed by atoms with Crippen molar-refractivity contribution in [2.24, 2.45) is 0 Å². The number of benzene rings is 1. The van der Waals surface area contributed by atoms with Crippen LogP contribution in [-0.2, 0) is 4.65 Å². The Balaban J connectivity index is 0.000000583. The fraction of sp³-hybridized carbons (Fsp3) is 0.400. The fourth-order valence-electron chi connectivity index (χ4n) is 0.805. The number of rotatable bonds is 4. The summed E-state index contributed by atoms with van der Waals surface area (Å²) in [5.74, 6) is 0. The molecule has 0 aromatic heterocycles. The van der Waals surface area contributed by atoms with Gasteiger partial charge >= 0.3 is 7.12 Å². The standard InChI is InChI=1S/C7H9B2O2.C3H8/c8-6-11-9(10)7-4-2-1-3-5-7;1-3-2/h1-5,8,10H,6H2;3H2,1-2H3/i8T;. The molecule has 1 rings (SSSR count). The predicted molar refractivity (Wildman–Crippen MR) is 63.1 cm³/mol. The second kappa shape index (κ2) is 8.85. The van der Waals surface area contributed by atoms with Gasteiger partial charge in [-0.3, -0.25) is 0 Å². The van der Waals surface area contributed by atoms with Gasteiger partial charge in [-0.1, -0.05) is 50.6 Å². The van der Waals surface area contributed by atoms with E-state index in [-0.39, 0.29) is 6.51 Å². The van der Waals surface area contributed by atoms with Gasteiger partial charge in [0.2, 0.25) is 0 Å². The maximum absolute atomic E-state index is 9.33. The van der Waals surface area contributed by atoms with Crippen LogP contribution in [0.3, 0.4) is 0 Å². The Labute approximate surface area is 89.2 Å². The molecule has 0 amide bonds. The second-order valence-electron chi connectivity index (χ2n) is 2.80. The van der Waals surface area contributed by atoms with Crippen LogP contribution in [0.1, 0.15) is 20.3 Å². The molecule has 0 aliphatic heterocycles. The lowest BCUT2D eigenvalue weighted by Gasteiger charge is -2.04. The summed E-state index contributed by atoms with van der Waals surface area (Å²) in [6.45, 7) is 4.38. The van der Waals surface area contributed by atoms with Gasteiger partial charge in [-0.25, -0.2) is 0 Å². The van der Waals surface area contributed by atoms with E-state index in [0.717, 1.165) is 7.81 Å². The molecule has 75 valence electrons. The fourth-order valence-corrected chi connectivity index (χ4v) is 0.805. The van der Waals surface area contributed by atoms with Crippen LogP contribution >= 0.6 is 0 Å². The molecule has 0 saturated heterocycles. The molecule has 0 saturated carbocycles. The van der Waals surface area contributed by atoms with Crippen LogP contribution < -0.4 is 5.46 Å². The normalized spacial score (nSPS) is 9.50. The molecule has 0 fully saturated rings.